The van der Waals surface area contributed by atoms with Crippen molar-refractivity contribution in [2.75, 3.05) is 26.0 Å². The third-order valence-electron chi connectivity index (χ3n) is 5.64. The average molecular weight is 491 g/mol. The fourth-order valence-electron chi connectivity index (χ4n) is 3.75. The smallest absolute Gasteiger partial charge is 0.254 e. The maximum atomic E-state index is 13.3. The van der Waals surface area contributed by atoms with Crippen LogP contribution in [0.25, 0.3) is 11.5 Å². The standard InChI is InChI=1S/C26H30N6O2S/c1-17-16-35-22(28-17)15-32(5)24(33)20-11-19(12-21(13-20)31(3)4)23-29-30-25(34-23)26(2,27)14-18-9-7-6-8-10-18/h6-13,16H,14-15,27H2,1-5H3. The van der Waals surface area contributed by atoms with Gasteiger partial charge >= 0.3 is 0 Å². The first-order chi connectivity index (χ1) is 16.6. The second kappa shape index (κ2) is 9.97. The van der Waals surface area contributed by atoms with Gasteiger partial charge in [-0.3, -0.25) is 4.79 Å². The van der Waals surface area contributed by atoms with E-state index in [1.807, 2.05) is 80.7 Å². The lowest BCUT2D eigenvalue weighted by molar-refractivity contribution is 0.0785. The monoisotopic (exact) mass is 490 g/mol. The van der Waals surface area contributed by atoms with E-state index in [0.29, 0.717) is 35.9 Å². The number of rotatable bonds is 8. The summed E-state index contributed by atoms with van der Waals surface area (Å²) in [5, 5.41) is 11.4. The van der Waals surface area contributed by atoms with Gasteiger partial charge in [0.05, 0.1) is 12.1 Å². The Hall–Kier alpha value is -3.56. The topological polar surface area (TPSA) is 101 Å². The molecule has 0 aliphatic carbocycles. The van der Waals surface area contributed by atoms with E-state index in [1.165, 1.54) is 0 Å². The summed E-state index contributed by atoms with van der Waals surface area (Å²) in [5.41, 5.74) is 9.80. The molecule has 4 aromatic rings. The van der Waals surface area contributed by atoms with Crippen LogP contribution in [0.3, 0.4) is 0 Å². The zero-order chi connectivity index (χ0) is 25.2. The van der Waals surface area contributed by atoms with E-state index in [0.717, 1.165) is 22.0 Å². The highest BCUT2D eigenvalue weighted by molar-refractivity contribution is 7.09. The van der Waals surface area contributed by atoms with Crippen molar-refractivity contribution in [2.45, 2.75) is 32.4 Å². The van der Waals surface area contributed by atoms with Gasteiger partial charge in [-0.2, -0.15) is 0 Å². The summed E-state index contributed by atoms with van der Waals surface area (Å²) >= 11 is 1.55. The van der Waals surface area contributed by atoms with Crippen LogP contribution in [-0.4, -0.2) is 47.1 Å². The van der Waals surface area contributed by atoms with Gasteiger partial charge in [0.25, 0.3) is 5.91 Å². The molecule has 35 heavy (non-hydrogen) atoms. The minimum absolute atomic E-state index is 0.115. The van der Waals surface area contributed by atoms with Gasteiger partial charge < -0.3 is 20.0 Å². The summed E-state index contributed by atoms with van der Waals surface area (Å²) in [4.78, 5) is 21.3. The molecule has 4 rings (SSSR count). The first kappa shape index (κ1) is 24.6. The predicted molar refractivity (Wildman–Crippen MR) is 138 cm³/mol. The lowest BCUT2D eigenvalue weighted by Gasteiger charge is -2.20. The van der Waals surface area contributed by atoms with Crippen molar-refractivity contribution in [3.8, 4) is 11.5 Å². The molecule has 0 spiro atoms. The third kappa shape index (κ3) is 5.75. The van der Waals surface area contributed by atoms with Crippen LogP contribution in [0.2, 0.25) is 0 Å². The normalized spacial score (nSPS) is 12.9. The van der Waals surface area contributed by atoms with Gasteiger partial charge in [-0.15, -0.1) is 21.5 Å². The average Bonchev–Trinajstić information content (AvgIpc) is 3.48. The summed E-state index contributed by atoms with van der Waals surface area (Å²) in [5.74, 6) is 0.548. The van der Waals surface area contributed by atoms with E-state index in [4.69, 9.17) is 10.2 Å². The molecule has 182 valence electrons. The van der Waals surface area contributed by atoms with Gasteiger partial charge in [0.1, 0.15) is 5.01 Å². The number of carbonyl (C=O) groups is 1. The molecule has 2 heterocycles. The quantitative estimate of drug-likeness (QED) is 0.394. The number of anilines is 1. The molecule has 0 saturated carbocycles. The summed E-state index contributed by atoms with van der Waals surface area (Å²) in [6.07, 6.45) is 0.554. The number of aromatic nitrogens is 3. The molecular formula is C26H30N6O2S. The van der Waals surface area contributed by atoms with Crippen molar-refractivity contribution < 1.29 is 9.21 Å². The van der Waals surface area contributed by atoms with Gasteiger partial charge in [-0.1, -0.05) is 30.3 Å². The Morgan fingerprint density at radius 1 is 1.11 bits per heavy atom. The molecule has 2 aromatic carbocycles. The second-order valence-corrected chi connectivity index (χ2v) is 10.1. The Balaban J connectivity index is 1.61. The van der Waals surface area contributed by atoms with E-state index in [2.05, 4.69) is 15.2 Å². The van der Waals surface area contributed by atoms with Crippen molar-refractivity contribution >= 4 is 22.9 Å². The van der Waals surface area contributed by atoms with Crippen molar-refractivity contribution in [1.82, 2.24) is 20.1 Å². The number of thiazole rings is 1. The molecule has 1 atom stereocenters. The van der Waals surface area contributed by atoms with Crippen LogP contribution in [0.5, 0.6) is 0 Å². The molecule has 0 aliphatic heterocycles. The summed E-state index contributed by atoms with van der Waals surface area (Å²) in [6, 6.07) is 15.5. The molecule has 0 radical (unpaired) electrons. The van der Waals surface area contributed by atoms with E-state index < -0.39 is 5.54 Å². The van der Waals surface area contributed by atoms with Gasteiger partial charge in [0, 0.05) is 49.0 Å². The molecule has 9 heteroatoms. The number of nitrogens with zero attached hydrogens (tertiary/aromatic N) is 5. The van der Waals surface area contributed by atoms with Crippen molar-refractivity contribution in [1.29, 1.82) is 0 Å². The van der Waals surface area contributed by atoms with Crippen LogP contribution in [0.15, 0.2) is 58.3 Å². The van der Waals surface area contributed by atoms with Crippen LogP contribution < -0.4 is 10.6 Å². The first-order valence-corrected chi connectivity index (χ1v) is 12.2. The van der Waals surface area contributed by atoms with Gasteiger partial charge in [-0.05, 0) is 44.0 Å². The predicted octanol–water partition coefficient (Wildman–Crippen LogP) is 4.26. The number of hydrogen-bond donors (Lipinski definition) is 1. The van der Waals surface area contributed by atoms with Gasteiger partial charge in [0.2, 0.25) is 11.8 Å². The molecule has 0 bridgehead atoms. The SMILES string of the molecule is Cc1csc(CN(C)C(=O)c2cc(-c3nnc(C(C)(N)Cc4ccccc4)o3)cc(N(C)C)c2)n1. The highest BCUT2D eigenvalue weighted by Gasteiger charge is 2.29. The number of aryl methyl sites for hydroxylation is 1. The van der Waals surface area contributed by atoms with E-state index in [9.17, 15) is 4.79 Å². The molecule has 0 saturated heterocycles. The molecule has 8 nitrogen and oxygen atoms in total. The first-order valence-electron chi connectivity index (χ1n) is 11.3. The minimum Gasteiger partial charge on any atom is -0.419 e. The van der Waals surface area contributed by atoms with Crippen molar-refractivity contribution in [3.63, 3.8) is 0 Å². The van der Waals surface area contributed by atoms with Crippen LogP contribution in [0.1, 0.15) is 39.4 Å². The molecule has 1 unspecified atom stereocenters. The highest BCUT2D eigenvalue weighted by atomic mass is 32.1. The highest BCUT2D eigenvalue weighted by Crippen LogP contribution is 2.29. The number of benzene rings is 2. The maximum absolute atomic E-state index is 13.3. The van der Waals surface area contributed by atoms with E-state index in [-0.39, 0.29) is 5.91 Å². The van der Waals surface area contributed by atoms with Crippen molar-refractivity contribution in [2.24, 2.45) is 5.73 Å². The Kier molecular flexibility index (Phi) is 7.00. The fraction of sp³-hybridized carbons (Fsp3) is 0.308. The number of hydrogen-bond acceptors (Lipinski definition) is 8. The second-order valence-electron chi connectivity index (χ2n) is 9.20. The van der Waals surface area contributed by atoms with Crippen LogP contribution in [-0.2, 0) is 18.5 Å². The lowest BCUT2D eigenvalue weighted by atomic mass is 9.94. The van der Waals surface area contributed by atoms with Crippen LogP contribution in [0, 0.1) is 6.92 Å². The summed E-state index contributed by atoms with van der Waals surface area (Å²) in [6.45, 7) is 4.26. The number of carbonyl (C=O) groups excluding carboxylic acids is 1. The Bertz CT molecular complexity index is 1310. The largest absolute Gasteiger partial charge is 0.419 e. The third-order valence-corrected chi connectivity index (χ3v) is 6.59. The van der Waals surface area contributed by atoms with E-state index >= 15 is 0 Å². The molecular weight excluding hydrogens is 460 g/mol. The molecule has 2 N–H and O–H groups in total. The minimum atomic E-state index is -0.837. The zero-order valence-electron chi connectivity index (χ0n) is 20.6. The van der Waals surface area contributed by atoms with Crippen LogP contribution >= 0.6 is 11.3 Å². The van der Waals surface area contributed by atoms with Crippen LogP contribution in [0.4, 0.5) is 5.69 Å². The Morgan fingerprint density at radius 2 is 1.86 bits per heavy atom. The van der Waals surface area contributed by atoms with Crippen molar-refractivity contribution in [3.05, 3.63) is 81.6 Å². The summed E-state index contributed by atoms with van der Waals surface area (Å²) < 4.78 is 6.04. The molecule has 1 amide bonds. The zero-order valence-corrected chi connectivity index (χ0v) is 21.5. The molecule has 0 aliphatic rings. The van der Waals surface area contributed by atoms with E-state index in [1.54, 1.807) is 29.4 Å². The Labute approximate surface area is 209 Å². The van der Waals surface area contributed by atoms with Gasteiger partial charge in [0.15, 0.2) is 0 Å². The maximum Gasteiger partial charge on any atom is 0.254 e. The fourth-order valence-corrected chi connectivity index (χ4v) is 4.58. The molecule has 2 aromatic heterocycles. The molecule has 0 fully saturated rings. The number of amides is 1. The Morgan fingerprint density at radius 3 is 2.51 bits per heavy atom. The lowest BCUT2D eigenvalue weighted by Crippen LogP contribution is -2.35. The summed E-state index contributed by atoms with van der Waals surface area (Å²) in [7, 11) is 5.62. The number of nitrogens with two attached hydrogens (primary N) is 1. The van der Waals surface area contributed by atoms with Gasteiger partial charge in [-0.25, -0.2) is 4.98 Å².